The molecule has 0 bridgehead atoms. The molecule has 0 amide bonds. The smallest absolute Gasteiger partial charge is 0.322 e. The van der Waals surface area contributed by atoms with Gasteiger partial charge in [0, 0.05) is 12.6 Å². The van der Waals surface area contributed by atoms with Crippen molar-refractivity contribution < 1.29 is 14.3 Å². The van der Waals surface area contributed by atoms with Gasteiger partial charge in [-0.15, -0.1) is 0 Å². The lowest BCUT2D eigenvalue weighted by Crippen LogP contribution is -2.53. The average Bonchev–Trinajstić information content (AvgIpc) is 2.27. The van der Waals surface area contributed by atoms with Crippen molar-refractivity contribution >= 4 is 5.97 Å². The van der Waals surface area contributed by atoms with Crippen LogP contribution in [0.5, 0.6) is 0 Å². The molecular weight excluding hydrogens is 218 g/mol. The minimum Gasteiger partial charge on any atom is -0.465 e. The topological polar surface area (TPSA) is 47.6 Å². The van der Waals surface area contributed by atoms with Crippen molar-refractivity contribution in [3.8, 4) is 0 Å². The zero-order chi connectivity index (χ0) is 12.3. The van der Waals surface area contributed by atoms with E-state index in [1.54, 1.807) is 0 Å². The van der Waals surface area contributed by atoms with E-state index in [0.29, 0.717) is 12.6 Å². The van der Waals surface area contributed by atoms with Gasteiger partial charge in [-0.1, -0.05) is 0 Å². The molecule has 2 atom stereocenters. The molecule has 17 heavy (non-hydrogen) atoms. The monoisotopic (exact) mass is 241 g/mol. The van der Waals surface area contributed by atoms with Crippen LogP contribution in [0.1, 0.15) is 46.0 Å². The van der Waals surface area contributed by atoms with Crippen LogP contribution in [-0.2, 0) is 14.3 Å². The predicted octanol–water partition coefficient (Wildman–Crippen LogP) is 1.63. The highest BCUT2D eigenvalue weighted by Gasteiger charge is 2.42. The molecule has 1 heterocycles. The molecule has 1 aliphatic carbocycles. The number of carbonyl (C=O) groups is 1. The van der Waals surface area contributed by atoms with E-state index >= 15 is 0 Å². The van der Waals surface area contributed by atoms with Crippen LogP contribution in [0.2, 0.25) is 0 Å². The van der Waals surface area contributed by atoms with Crippen molar-refractivity contribution in [3.63, 3.8) is 0 Å². The maximum Gasteiger partial charge on any atom is 0.322 e. The van der Waals surface area contributed by atoms with Crippen LogP contribution in [0.25, 0.3) is 0 Å². The lowest BCUT2D eigenvalue weighted by atomic mass is 9.74. The summed E-state index contributed by atoms with van der Waals surface area (Å²) in [6.07, 6.45) is 5.67. The third-order valence-electron chi connectivity index (χ3n) is 3.88. The van der Waals surface area contributed by atoms with Crippen molar-refractivity contribution in [2.75, 3.05) is 13.2 Å². The second-order valence-electron chi connectivity index (χ2n) is 5.22. The van der Waals surface area contributed by atoms with Gasteiger partial charge in [-0.3, -0.25) is 4.79 Å². The maximum absolute atomic E-state index is 11.5. The molecule has 1 N–H and O–H groups in total. The summed E-state index contributed by atoms with van der Waals surface area (Å²) in [7, 11) is 0. The van der Waals surface area contributed by atoms with Gasteiger partial charge < -0.3 is 14.8 Å². The van der Waals surface area contributed by atoms with Crippen LogP contribution >= 0.6 is 0 Å². The van der Waals surface area contributed by atoms with Crippen LogP contribution in [0.3, 0.4) is 0 Å². The van der Waals surface area contributed by atoms with E-state index in [4.69, 9.17) is 9.47 Å². The van der Waals surface area contributed by atoms with Crippen LogP contribution in [0, 0.1) is 0 Å². The second kappa shape index (κ2) is 5.36. The molecule has 4 nitrogen and oxygen atoms in total. The maximum atomic E-state index is 11.5. The first kappa shape index (κ1) is 12.8. The van der Waals surface area contributed by atoms with Crippen LogP contribution in [0.15, 0.2) is 0 Å². The van der Waals surface area contributed by atoms with Crippen LogP contribution < -0.4 is 5.32 Å². The minimum atomic E-state index is -0.213. The third kappa shape index (κ3) is 2.99. The Bertz CT molecular complexity index is 276. The number of hydrogen-bond acceptors (Lipinski definition) is 4. The van der Waals surface area contributed by atoms with Gasteiger partial charge >= 0.3 is 5.97 Å². The molecule has 1 aliphatic heterocycles. The lowest BCUT2D eigenvalue weighted by molar-refractivity contribution is -0.149. The van der Waals surface area contributed by atoms with Gasteiger partial charge in [0.15, 0.2) is 0 Å². The van der Waals surface area contributed by atoms with E-state index in [0.717, 1.165) is 19.4 Å². The van der Waals surface area contributed by atoms with E-state index in [-0.39, 0.29) is 17.6 Å². The molecular formula is C13H23NO3. The molecule has 1 saturated heterocycles. The van der Waals surface area contributed by atoms with Crippen molar-refractivity contribution in [2.24, 2.45) is 0 Å². The Kier molecular flexibility index (Phi) is 4.05. The number of ether oxygens (including phenoxy) is 2. The van der Waals surface area contributed by atoms with Crippen LogP contribution in [-0.4, -0.2) is 36.9 Å². The van der Waals surface area contributed by atoms with Gasteiger partial charge in [-0.05, 0) is 46.0 Å². The van der Waals surface area contributed by atoms with Crippen molar-refractivity contribution in [1.29, 1.82) is 0 Å². The zero-order valence-electron chi connectivity index (χ0n) is 10.8. The third-order valence-corrected chi connectivity index (χ3v) is 3.88. The number of nitrogens with one attached hydrogen (secondary N) is 1. The molecule has 2 aliphatic rings. The Morgan fingerprint density at radius 1 is 1.59 bits per heavy atom. The quantitative estimate of drug-likeness (QED) is 0.760. The summed E-state index contributed by atoms with van der Waals surface area (Å²) >= 11 is 0. The normalized spacial score (nSPS) is 28.5. The summed E-state index contributed by atoms with van der Waals surface area (Å²) < 4.78 is 10.9. The van der Waals surface area contributed by atoms with Crippen molar-refractivity contribution in [2.45, 2.75) is 63.6 Å². The molecule has 0 aromatic rings. The van der Waals surface area contributed by atoms with E-state index in [1.165, 1.54) is 19.3 Å². The fourth-order valence-corrected chi connectivity index (χ4v) is 2.78. The molecule has 0 aromatic heterocycles. The highest BCUT2D eigenvalue weighted by Crippen LogP contribution is 2.42. The zero-order valence-corrected chi connectivity index (χ0v) is 10.8. The molecule has 1 saturated carbocycles. The Labute approximate surface area is 103 Å². The Morgan fingerprint density at radius 3 is 2.94 bits per heavy atom. The summed E-state index contributed by atoms with van der Waals surface area (Å²) in [6.45, 7) is 4.97. The number of hydrogen-bond donors (Lipinski definition) is 1. The number of esters is 1. The average molecular weight is 241 g/mol. The summed E-state index contributed by atoms with van der Waals surface area (Å²) in [6, 6.07) is 0.179. The highest BCUT2D eigenvalue weighted by molar-refractivity contribution is 5.75. The SMILES string of the molecule is CCOC(=O)C(C)NC1CCOC2(CCC2)C1. The number of carbonyl (C=O) groups excluding carboxylic acids is 1. The van der Waals surface area contributed by atoms with Gasteiger partial charge in [-0.2, -0.15) is 0 Å². The summed E-state index contributed by atoms with van der Waals surface area (Å²) in [4.78, 5) is 11.5. The highest BCUT2D eigenvalue weighted by atomic mass is 16.5. The summed E-state index contributed by atoms with van der Waals surface area (Å²) in [5.74, 6) is -0.151. The molecule has 2 fully saturated rings. The Morgan fingerprint density at radius 2 is 2.35 bits per heavy atom. The molecule has 2 unspecified atom stereocenters. The fourth-order valence-electron chi connectivity index (χ4n) is 2.78. The molecule has 0 aromatic carbocycles. The molecule has 98 valence electrons. The summed E-state index contributed by atoms with van der Waals surface area (Å²) in [5.41, 5.74) is 0.129. The van der Waals surface area contributed by atoms with Crippen LogP contribution in [0.4, 0.5) is 0 Å². The van der Waals surface area contributed by atoms with E-state index in [9.17, 15) is 4.79 Å². The second-order valence-corrected chi connectivity index (χ2v) is 5.22. The van der Waals surface area contributed by atoms with Gasteiger partial charge in [0.1, 0.15) is 6.04 Å². The fraction of sp³-hybridized carbons (Fsp3) is 0.923. The van der Waals surface area contributed by atoms with E-state index in [2.05, 4.69) is 5.32 Å². The van der Waals surface area contributed by atoms with Gasteiger partial charge in [-0.25, -0.2) is 0 Å². The Balaban J connectivity index is 1.80. The Hall–Kier alpha value is -0.610. The van der Waals surface area contributed by atoms with E-state index < -0.39 is 0 Å². The number of rotatable bonds is 4. The van der Waals surface area contributed by atoms with Gasteiger partial charge in [0.2, 0.25) is 0 Å². The standard InChI is InChI=1S/C13H23NO3/c1-3-16-12(15)10(2)14-11-5-8-17-13(9-11)6-4-7-13/h10-11,14H,3-9H2,1-2H3. The van der Waals surface area contributed by atoms with Crippen molar-refractivity contribution in [1.82, 2.24) is 5.32 Å². The first-order valence-corrected chi connectivity index (χ1v) is 6.72. The van der Waals surface area contributed by atoms with E-state index in [1.807, 2.05) is 13.8 Å². The molecule has 0 radical (unpaired) electrons. The minimum absolute atomic E-state index is 0.129. The summed E-state index contributed by atoms with van der Waals surface area (Å²) in [5, 5.41) is 3.37. The first-order valence-electron chi connectivity index (χ1n) is 6.72. The first-order chi connectivity index (χ1) is 8.15. The molecule has 4 heteroatoms. The van der Waals surface area contributed by atoms with Crippen molar-refractivity contribution in [3.05, 3.63) is 0 Å². The largest absolute Gasteiger partial charge is 0.465 e. The molecule has 1 spiro atoms. The lowest BCUT2D eigenvalue weighted by Gasteiger charge is -2.47. The predicted molar refractivity (Wildman–Crippen MR) is 64.8 cm³/mol. The van der Waals surface area contributed by atoms with Gasteiger partial charge in [0.25, 0.3) is 0 Å². The molecule has 2 rings (SSSR count). The van der Waals surface area contributed by atoms with Gasteiger partial charge in [0.05, 0.1) is 12.2 Å².